The van der Waals surface area contributed by atoms with Crippen molar-refractivity contribution in [2.45, 2.75) is 32.1 Å². The molecule has 2 aromatic rings. The summed E-state index contributed by atoms with van der Waals surface area (Å²) in [4.78, 5) is 4.52. The van der Waals surface area contributed by atoms with E-state index < -0.39 is 11.7 Å². The molecule has 0 bridgehead atoms. The highest BCUT2D eigenvalue weighted by Crippen LogP contribution is 2.34. The van der Waals surface area contributed by atoms with Crippen molar-refractivity contribution in [2.24, 2.45) is 12.0 Å². The van der Waals surface area contributed by atoms with E-state index in [1.807, 2.05) is 19.1 Å². The second-order valence-electron chi connectivity index (χ2n) is 6.77. The molecular weight excluding hydrogens is 332 g/mol. The Morgan fingerprint density at radius 1 is 1.35 bits per heavy atom. The van der Waals surface area contributed by atoms with Crippen LogP contribution in [0.3, 0.4) is 0 Å². The largest absolute Gasteiger partial charge is 0.350 e. The molecule has 1 aliphatic rings. The van der Waals surface area contributed by atoms with Crippen molar-refractivity contribution in [2.75, 3.05) is 13.1 Å². The number of halogens is 2. The standard InChI is InChI=1S/C21H25F2N3/c1-4-16(12-20(23)14(2)22)25-17-5-6-21-18(11-17)19(13-26(21)3)15-7-9-24-10-8-15/h5-6,11-13,15,24H,2,4,7-10H2,1,3H3/b20-12+,25-16?. The summed E-state index contributed by atoms with van der Waals surface area (Å²) >= 11 is 0. The summed E-state index contributed by atoms with van der Waals surface area (Å²) in [7, 11) is 2.05. The number of nitrogens with one attached hydrogen (secondary N) is 1. The molecule has 5 heteroatoms. The van der Waals surface area contributed by atoms with Gasteiger partial charge in [-0.2, -0.15) is 0 Å². The van der Waals surface area contributed by atoms with E-state index in [1.165, 1.54) is 10.9 Å². The highest BCUT2D eigenvalue weighted by Gasteiger charge is 2.19. The Morgan fingerprint density at radius 3 is 2.73 bits per heavy atom. The number of aryl methyl sites for hydroxylation is 1. The van der Waals surface area contributed by atoms with E-state index >= 15 is 0 Å². The van der Waals surface area contributed by atoms with Crippen molar-refractivity contribution in [3.05, 3.63) is 54.3 Å². The molecule has 1 saturated heterocycles. The Hall–Kier alpha value is -2.27. The van der Waals surface area contributed by atoms with Crippen LogP contribution in [-0.2, 0) is 7.05 Å². The molecule has 1 aromatic carbocycles. The van der Waals surface area contributed by atoms with Crippen molar-refractivity contribution < 1.29 is 8.78 Å². The fourth-order valence-electron chi connectivity index (χ4n) is 3.54. The van der Waals surface area contributed by atoms with Gasteiger partial charge in [0.2, 0.25) is 0 Å². The van der Waals surface area contributed by atoms with Gasteiger partial charge in [-0.3, -0.25) is 4.99 Å². The number of rotatable bonds is 5. The Labute approximate surface area is 153 Å². The summed E-state index contributed by atoms with van der Waals surface area (Å²) in [5, 5.41) is 4.59. The molecule has 0 unspecified atom stereocenters. The zero-order chi connectivity index (χ0) is 18.7. The smallest absolute Gasteiger partial charge is 0.160 e. The summed E-state index contributed by atoms with van der Waals surface area (Å²) in [6, 6.07) is 6.01. The molecule has 1 aromatic heterocycles. The van der Waals surface area contributed by atoms with Crippen LogP contribution in [0.15, 0.2) is 53.7 Å². The molecule has 3 rings (SSSR count). The quantitative estimate of drug-likeness (QED) is 0.558. The van der Waals surface area contributed by atoms with Gasteiger partial charge in [0, 0.05) is 29.9 Å². The van der Waals surface area contributed by atoms with E-state index in [0.717, 1.165) is 43.2 Å². The first-order chi connectivity index (χ1) is 12.5. The fourth-order valence-corrected chi connectivity index (χ4v) is 3.54. The SMILES string of the molecule is C=C(F)/C(F)=C\C(CC)=Nc1ccc2c(c1)c(C1CCNCC1)cn2C. The van der Waals surface area contributed by atoms with Crippen LogP contribution in [-0.4, -0.2) is 23.4 Å². The van der Waals surface area contributed by atoms with Crippen LogP contribution in [0.4, 0.5) is 14.5 Å². The average Bonchev–Trinajstić information content (AvgIpc) is 2.98. The first-order valence-corrected chi connectivity index (χ1v) is 9.08. The minimum absolute atomic E-state index is 0.486. The molecular formula is C21H25F2N3. The number of nitrogens with zero attached hydrogens (tertiary/aromatic N) is 2. The molecule has 0 aliphatic carbocycles. The maximum Gasteiger partial charge on any atom is 0.160 e. The Kier molecular flexibility index (Phi) is 5.67. The van der Waals surface area contributed by atoms with Gasteiger partial charge in [0.15, 0.2) is 11.7 Å². The molecule has 26 heavy (non-hydrogen) atoms. The minimum atomic E-state index is -1.07. The number of allylic oxidation sites excluding steroid dienone is 3. The number of hydrogen-bond acceptors (Lipinski definition) is 2. The maximum atomic E-state index is 13.5. The number of aliphatic imine (C=N–C) groups is 1. The lowest BCUT2D eigenvalue weighted by atomic mass is 9.90. The van der Waals surface area contributed by atoms with E-state index in [2.05, 4.69) is 40.8 Å². The Balaban J connectivity index is 2.01. The van der Waals surface area contributed by atoms with E-state index in [0.29, 0.717) is 18.1 Å². The summed E-state index contributed by atoms with van der Waals surface area (Å²) < 4.78 is 28.6. The predicted molar refractivity (Wildman–Crippen MR) is 105 cm³/mol. The zero-order valence-electron chi connectivity index (χ0n) is 15.4. The summed E-state index contributed by atoms with van der Waals surface area (Å²) in [6.45, 7) is 6.93. The van der Waals surface area contributed by atoms with Gasteiger partial charge < -0.3 is 9.88 Å². The van der Waals surface area contributed by atoms with Gasteiger partial charge in [-0.25, -0.2) is 8.78 Å². The predicted octanol–water partition coefficient (Wildman–Crippen LogP) is 5.46. The lowest BCUT2D eigenvalue weighted by molar-refractivity contribution is 0.462. The molecule has 0 saturated carbocycles. The third-order valence-corrected chi connectivity index (χ3v) is 4.97. The van der Waals surface area contributed by atoms with Crippen LogP contribution in [0.5, 0.6) is 0 Å². The zero-order valence-corrected chi connectivity index (χ0v) is 15.4. The number of benzene rings is 1. The highest BCUT2D eigenvalue weighted by atomic mass is 19.2. The van der Waals surface area contributed by atoms with Gasteiger partial charge in [0.1, 0.15) is 0 Å². The van der Waals surface area contributed by atoms with E-state index in [-0.39, 0.29) is 0 Å². The number of fused-ring (bicyclic) bond motifs is 1. The van der Waals surface area contributed by atoms with Crippen LogP contribution in [0.2, 0.25) is 0 Å². The first kappa shape index (κ1) is 18.5. The van der Waals surface area contributed by atoms with Crippen molar-refractivity contribution in [1.29, 1.82) is 0 Å². The highest BCUT2D eigenvalue weighted by molar-refractivity contribution is 5.98. The lowest BCUT2D eigenvalue weighted by Crippen LogP contribution is -2.26. The van der Waals surface area contributed by atoms with Crippen LogP contribution in [0.25, 0.3) is 10.9 Å². The van der Waals surface area contributed by atoms with Gasteiger partial charge in [-0.1, -0.05) is 13.5 Å². The van der Waals surface area contributed by atoms with Crippen molar-refractivity contribution in [1.82, 2.24) is 9.88 Å². The summed E-state index contributed by atoms with van der Waals surface area (Å²) in [6.07, 6.45) is 6.08. The molecule has 1 N–H and O–H groups in total. The van der Waals surface area contributed by atoms with Crippen LogP contribution in [0, 0.1) is 0 Å². The van der Waals surface area contributed by atoms with E-state index in [1.54, 1.807) is 0 Å². The van der Waals surface area contributed by atoms with Crippen molar-refractivity contribution in [3.63, 3.8) is 0 Å². The molecule has 1 fully saturated rings. The second kappa shape index (κ2) is 7.96. The molecule has 0 amide bonds. The number of aromatic nitrogens is 1. The third-order valence-electron chi connectivity index (χ3n) is 4.97. The molecule has 0 atom stereocenters. The molecule has 3 nitrogen and oxygen atoms in total. The lowest BCUT2D eigenvalue weighted by Gasteiger charge is -2.22. The molecule has 0 radical (unpaired) electrons. The van der Waals surface area contributed by atoms with Gasteiger partial charge in [0.05, 0.1) is 5.69 Å². The van der Waals surface area contributed by atoms with Gasteiger partial charge in [-0.05, 0) is 68.1 Å². The topological polar surface area (TPSA) is 29.3 Å². The van der Waals surface area contributed by atoms with E-state index in [9.17, 15) is 8.78 Å². The van der Waals surface area contributed by atoms with E-state index in [4.69, 9.17) is 0 Å². The van der Waals surface area contributed by atoms with Crippen LogP contribution >= 0.6 is 0 Å². The van der Waals surface area contributed by atoms with Gasteiger partial charge >= 0.3 is 0 Å². The Bertz CT molecular complexity index is 871. The summed E-state index contributed by atoms with van der Waals surface area (Å²) in [5.74, 6) is -1.50. The third kappa shape index (κ3) is 3.93. The van der Waals surface area contributed by atoms with Gasteiger partial charge in [0.25, 0.3) is 0 Å². The van der Waals surface area contributed by atoms with Crippen LogP contribution in [0.1, 0.15) is 37.7 Å². The average molecular weight is 357 g/mol. The first-order valence-electron chi connectivity index (χ1n) is 9.08. The number of hydrogen-bond donors (Lipinski definition) is 1. The fraction of sp³-hybridized carbons (Fsp3) is 0.381. The normalized spacial score (nSPS) is 17.1. The molecule has 1 aliphatic heterocycles. The summed E-state index contributed by atoms with van der Waals surface area (Å²) in [5.41, 5.74) is 3.75. The van der Waals surface area contributed by atoms with Crippen molar-refractivity contribution >= 4 is 22.3 Å². The molecule has 138 valence electrons. The maximum absolute atomic E-state index is 13.5. The molecule has 0 spiro atoms. The Morgan fingerprint density at radius 2 is 2.08 bits per heavy atom. The second-order valence-corrected chi connectivity index (χ2v) is 6.77. The monoisotopic (exact) mass is 357 g/mol. The van der Waals surface area contributed by atoms with Gasteiger partial charge in [-0.15, -0.1) is 0 Å². The minimum Gasteiger partial charge on any atom is -0.350 e. The van der Waals surface area contributed by atoms with Crippen LogP contribution < -0.4 is 5.32 Å². The molecule has 2 heterocycles. The number of piperidine rings is 1. The van der Waals surface area contributed by atoms with Crippen molar-refractivity contribution in [3.8, 4) is 0 Å².